The fourth-order valence-electron chi connectivity index (χ4n) is 2.27. The first-order valence-corrected chi connectivity index (χ1v) is 7.70. The standard InChI is InChI=1S/C16H14ClN5O3/c17-13-6-19-21(9-13)7-11-2-1-3-14(4-11)20-15(23)10-22-8-12(5-18-22)16(24)25/h1-6,8-9H,7,10H2,(H,20,23)(H,24,25). The lowest BCUT2D eigenvalue weighted by molar-refractivity contribution is -0.116. The Balaban J connectivity index is 1.62. The maximum Gasteiger partial charge on any atom is 0.338 e. The van der Waals surface area contributed by atoms with Crippen molar-refractivity contribution in [1.82, 2.24) is 19.6 Å². The second-order valence-electron chi connectivity index (χ2n) is 5.34. The number of hydrogen-bond donors (Lipinski definition) is 2. The monoisotopic (exact) mass is 359 g/mol. The van der Waals surface area contributed by atoms with E-state index in [-0.39, 0.29) is 18.0 Å². The zero-order valence-corrected chi connectivity index (χ0v) is 13.7. The van der Waals surface area contributed by atoms with Crippen LogP contribution >= 0.6 is 11.6 Å². The van der Waals surface area contributed by atoms with E-state index in [2.05, 4.69) is 15.5 Å². The lowest BCUT2D eigenvalue weighted by atomic mass is 10.2. The Kier molecular flexibility index (Phi) is 4.80. The van der Waals surface area contributed by atoms with E-state index in [1.807, 2.05) is 18.2 Å². The summed E-state index contributed by atoms with van der Waals surface area (Å²) in [6.07, 6.45) is 5.78. The van der Waals surface area contributed by atoms with Gasteiger partial charge in [0, 0.05) is 18.1 Å². The number of carbonyl (C=O) groups excluding carboxylic acids is 1. The normalized spacial score (nSPS) is 10.6. The van der Waals surface area contributed by atoms with Crippen molar-refractivity contribution in [3.05, 3.63) is 65.2 Å². The fourth-order valence-corrected chi connectivity index (χ4v) is 2.42. The number of benzene rings is 1. The van der Waals surface area contributed by atoms with Crippen molar-refractivity contribution in [3.8, 4) is 0 Å². The highest BCUT2D eigenvalue weighted by Gasteiger charge is 2.09. The van der Waals surface area contributed by atoms with E-state index in [4.69, 9.17) is 16.7 Å². The topological polar surface area (TPSA) is 102 Å². The number of aromatic carboxylic acids is 1. The maximum absolute atomic E-state index is 12.1. The zero-order chi connectivity index (χ0) is 17.8. The Labute approximate surface area is 147 Å². The summed E-state index contributed by atoms with van der Waals surface area (Å²) in [5.41, 5.74) is 1.61. The molecular weight excluding hydrogens is 346 g/mol. The summed E-state index contributed by atoms with van der Waals surface area (Å²) in [4.78, 5) is 22.9. The molecule has 1 amide bonds. The summed E-state index contributed by atoms with van der Waals surface area (Å²) in [5, 5.41) is 20.1. The molecule has 3 aromatic rings. The molecule has 0 aliphatic rings. The number of amides is 1. The van der Waals surface area contributed by atoms with Crippen molar-refractivity contribution < 1.29 is 14.7 Å². The molecule has 2 N–H and O–H groups in total. The molecule has 0 aliphatic carbocycles. The number of carbonyl (C=O) groups is 2. The third-order valence-corrected chi connectivity index (χ3v) is 3.54. The largest absolute Gasteiger partial charge is 0.478 e. The van der Waals surface area contributed by atoms with Gasteiger partial charge in [0.25, 0.3) is 0 Å². The molecule has 0 saturated carbocycles. The van der Waals surface area contributed by atoms with Gasteiger partial charge in [-0.05, 0) is 17.7 Å². The molecule has 128 valence electrons. The molecule has 1 aromatic carbocycles. The molecule has 25 heavy (non-hydrogen) atoms. The van der Waals surface area contributed by atoms with E-state index in [1.54, 1.807) is 23.1 Å². The quantitative estimate of drug-likeness (QED) is 0.701. The van der Waals surface area contributed by atoms with Crippen LogP contribution in [0, 0.1) is 0 Å². The van der Waals surface area contributed by atoms with Gasteiger partial charge < -0.3 is 10.4 Å². The number of rotatable bonds is 6. The molecule has 2 heterocycles. The van der Waals surface area contributed by atoms with E-state index < -0.39 is 5.97 Å². The predicted octanol–water partition coefficient (Wildman–Crippen LogP) is 2.12. The first kappa shape index (κ1) is 16.7. The first-order chi connectivity index (χ1) is 12.0. The summed E-state index contributed by atoms with van der Waals surface area (Å²) in [6.45, 7) is 0.448. The van der Waals surface area contributed by atoms with Gasteiger partial charge in [0.15, 0.2) is 0 Å². The molecular formula is C16H14ClN5O3. The molecule has 0 atom stereocenters. The van der Waals surface area contributed by atoms with Crippen LogP contribution in [0.3, 0.4) is 0 Å². The number of aromatic nitrogens is 4. The molecule has 0 unspecified atom stereocenters. The molecule has 2 aromatic heterocycles. The van der Waals surface area contributed by atoms with Gasteiger partial charge in [-0.25, -0.2) is 4.79 Å². The van der Waals surface area contributed by atoms with Crippen molar-refractivity contribution in [2.24, 2.45) is 0 Å². The maximum atomic E-state index is 12.1. The van der Waals surface area contributed by atoms with E-state index in [0.717, 1.165) is 5.56 Å². The molecule has 0 spiro atoms. The SMILES string of the molecule is O=C(Cn1cc(C(=O)O)cn1)Nc1cccc(Cn2cc(Cl)cn2)c1. The van der Waals surface area contributed by atoms with Crippen LogP contribution in [0.25, 0.3) is 0 Å². The minimum Gasteiger partial charge on any atom is -0.478 e. The Bertz CT molecular complexity index is 918. The van der Waals surface area contributed by atoms with Crippen molar-refractivity contribution in [3.63, 3.8) is 0 Å². The summed E-state index contributed by atoms with van der Waals surface area (Å²) in [7, 11) is 0. The molecule has 8 nitrogen and oxygen atoms in total. The van der Waals surface area contributed by atoms with E-state index in [1.165, 1.54) is 17.1 Å². The smallest absolute Gasteiger partial charge is 0.338 e. The lowest BCUT2D eigenvalue weighted by Gasteiger charge is -2.08. The van der Waals surface area contributed by atoms with E-state index in [9.17, 15) is 9.59 Å². The van der Waals surface area contributed by atoms with Crippen molar-refractivity contribution in [2.75, 3.05) is 5.32 Å². The van der Waals surface area contributed by atoms with E-state index >= 15 is 0 Å². The fraction of sp³-hybridized carbons (Fsp3) is 0.125. The summed E-state index contributed by atoms with van der Waals surface area (Å²) in [5.74, 6) is -1.39. The van der Waals surface area contributed by atoms with Crippen LogP contribution < -0.4 is 5.32 Å². The van der Waals surface area contributed by atoms with Gasteiger partial charge >= 0.3 is 5.97 Å². The van der Waals surface area contributed by atoms with Gasteiger partial charge in [-0.15, -0.1) is 0 Å². The first-order valence-electron chi connectivity index (χ1n) is 7.32. The van der Waals surface area contributed by atoms with Gasteiger partial charge in [-0.3, -0.25) is 14.2 Å². The molecule has 0 radical (unpaired) electrons. The average Bonchev–Trinajstić information content (AvgIpc) is 3.17. The third kappa shape index (κ3) is 4.45. The average molecular weight is 360 g/mol. The predicted molar refractivity (Wildman–Crippen MR) is 90.6 cm³/mol. The van der Waals surface area contributed by atoms with Crippen LogP contribution in [0.1, 0.15) is 15.9 Å². The van der Waals surface area contributed by atoms with E-state index in [0.29, 0.717) is 17.3 Å². The highest BCUT2D eigenvalue weighted by molar-refractivity contribution is 6.30. The molecule has 0 aliphatic heterocycles. The van der Waals surface area contributed by atoms with Crippen molar-refractivity contribution in [1.29, 1.82) is 0 Å². The zero-order valence-electron chi connectivity index (χ0n) is 13.0. The van der Waals surface area contributed by atoms with Gasteiger partial charge in [0.1, 0.15) is 6.54 Å². The number of carboxylic acids is 1. The Hall–Kier alpha value is -3.13. The Morgan fingerprint density at radius 3 is 2.64 bits per heavy atom. The van der Waals surface area contributed by atoms with Gasteiger partial charge in [0.05, 0.1) is 29.5 Å². The summed E-state index contributed by atoms with van der Waals surface area (Å²) < 4.78 is 2.97. The molecule has 9 heteroatoms. The number of nitrogens with one attached hydrogen (secondary N) is 1. The molecule has 3 rings (SSSR count). The molecule has 0 bridgehead atoms. The number of anilines is 1. The minimum absolute atomic E-state index is 0.0349. The number of carboxylic acid groups (broad SMARTS) is 1. The second kappa shape index (κ2) is 7.18. The Morgan fingerprint density at radius 1 is 1.16 bits per heavy atom. The summed E-state index contributed by atoms with van der Waals surface area (Å²) in [6, 6.07) is 7.34. The lowest BCUT2D eigenvalue weighted by Crippen LogP contribution is -2.19. The van der Waals surface area contributed by atoms with Crippen molar-refractivity contribution >= 4 is 29.2 Å². The van der Waals surface area contributed by atoms with Crippen LogP contribution in [-0.4, -0.2) is 36.5 Å². The third-order valence-electron chi connectivity index (χ3n) is 3.34. The van der Waals surface area contributed by atoms with Gasteiger partial charge in [0.2, 0.25) is 5.91 Å². The molecule has 0 saturated heterocycles. The summed E-state index contributed by atoms with van der Waals surface area (Å²) >= 11 is 5.84. The highest BCUT2D eigenvalue weighted by Crippen LogP contribution is 2.13. The number of halogens is 1. The van der Waals surface area contributed by atoms with Crippen LogP contribution in [0.5, 0.6) is 0 Å². The van der Waals surface area contributed by atoms with Crippen molar-refractivity contribution in [2.45, 2.75) is 13.1 Å². The van der Waals surface area contributed by atoms with Gasteiger partial charge in [-0.1, -0.05) is 23.7 Å². The molecule has 0 fully saturated rings. The number of nitrogens with zero attached hydrogens (tertiary/aromatic N) is 4. The Morgan fingerprint density at radius 2 is 1.96 bits per heavy atom. The van der Waals surface area contributed by atoms with Crippen LogP contribution in [0.15, 0.2) is 49.1 Å². The second-order valence-corrected chi connectivity index (χ2v) is 5.77. The highest BCUT2D eigenvalue weighted by atomic mass is 35.5. The minimum atomic E-state index is -1.09. The number of hydrogen-bond acceptors (Lipinski definition) is 4. The van der Waals surface area contributed by atoms with Crippen LogP contribution in [-0.2, 0) is 17.9 Å². The van der Waals surface area contributed by atoms with Gasteiger partial charge in [-0.2, -0.15) is 10.2 Å². The van der Waals surface area contributed by atoms with Crippen LogP contribution in [0.4, 0.5) is 5.69 Å². The van der Waals surface area contributed by atoms with Crippen LogP contribution in [0.2, 0.25) is 5.02 Å².